The molecule has 0 saturated carbocycles. The minimum absolute atomic E-state index is 0.145. The lowest BCUT2D eigenvalue weighted by atomic mass is 10.3. The van der Waals surface area contributed by atoms with Gasteiger partial charge in [0.25, 0.3) is 0 Å². The third-order valence-electron chi connectivity index (χ3n) is 2.07. The van der Waals surface area contributed by atoms with E-state index in [9.17, 15) is 0 Å². The van der Waals surface area contributed by atoms with Crippen LogP contribution < -0.4 is 0 Å². The topological polar surface area (TPSA) is 58.7 Å². The van der Waals surface area contributed by atoms with Crippen LogP contribution >= 0.6 is 0 Å². The Morgan fingerprint density at radius 3 is 2.06 bits per heavy atom. The third kappa shape index (κ3) is 6.37. The number of rotatable bonds is 11. The summed E-state index contributed by atoms with van der Waals surface area (Å²) in [6.45, 7) is 3.39. The van der Waals surface area contributed by atoms with Crippen molar-refractivity contribution in [3.63, 3.8) is 0 Å². The van der Waals surface area contributed by atoms with E-state index in [1.165, 1.54) is 0 Å². The molecule has 0 N–H and O–H groups in total. The molecule has 0 aromatic heterocycles. The predicted molar refractivity (Wildman–Crippen MR) is 54.6 cm³/mol. The fraction of sp³-hybridized carbons (Fsp3) is 1.00. The molecule has 2 atom stereocenters. The van der Waals surface area contributed by atoms with Crippen molar-refractivity contribution in [2.45, 2.75) is 25.6 Å². The first-order valence-electron chi connectivity index (χ1n) is 5.33. The minimum atomic E-state index is 0.145. The van der Waals surface area contributed by atoms with E-state index in [0.717, 1.165) is 6.42 Å². The first-order valence-corrected chi connectivity index (χ1v) is 5.33. The van der Waals surface area contributed by atoms with Crippen molar-refractivity contribution in [3.05, 3.63) is 0 Å². The Balaban J connectivity index is 1.69. The van der Waals surface area contributed by atoms with Crippen molar-refractivity contribution in [3.8, 4) is 0 Å². The number of epoxide rings is 1. The maximum atomic E-state index is 5.29. The van der Waals surface area contributed by atoms with Gasteiger partial charge in [0, 0.05) is 7.11 Å². The molecule has 0 spiro atoms. The number of hydrogen-bond donors (Lipinski definition) is 0. The van der Waals surface area contributed by atoms with Crippen LogP contribution in [0.25, 0.3) is 0 Å². The fourth-order valence-corrected chi connectivity index (χ4v) is 1.21. The summed E-state index contributed by atoms with van der Waals surface area (Å²) in [7, 11) is 1.55. The summed E-state index contributed by atoms with van der Waals surface area (Å²) in [5, 5.41) is 0. The lowest BCUT2D eigenvalue weighted by Gasteiger charge is -2.06. The fourth-order valence-electron chi connectivity index (χ4n) is 1.21. The van der Waals surface area contributed by atoms with Crippen LogP contribution in [0.1, 0.15) is 13.3 Å². The molecule has 16 heavy (non-hydrogen) atoms. The van der Waals surface area contributed by atoms with Gasteiger partial charge in [-0.15, -0.1) is 0 Å². The summed E-state index contributed by atoms with van der Waals surface area (Å²) in [5.41, 5.74) is 0. The van der Waals surface area contributed by atoms with Gasteiger partial charge in [-0.3, -0.25) is 0 Å². The normalized spacial score (nSPS) is 23.6. The van der Waals surface area contributed by atoms with E-state index in [0.29, 0.717) is 12.7 Å². The van der Waals surface area contributed by atoms with Gasteiger partial charge in [-0.25, -0.2) is 0 Å². The summed E-state index contributed by atoms with van der Waals surface area (Å²) >= 11 is 0. The molecule has 2 unspecified atom stereocenters. The first-order chi connectivity index (χ1) is 7.88. The molecule has 0 aromatic rings. The summed E-state index contributed by atoms with van der Waals surface area (Å²) in [5.74, 6) is 0. The highest BCUT2D eigenvalue weighted by molar-refractivity contribution is 4.82. The summed E-state index contributed by atoms with van der Waals surface area (Å²) < 4.78 is 30.1. The van der Waals surface area contributed by atoms with Crippen molar-refractivity contribution in [1.82, 2.24) is 0 Å². The zero-order valence-corrected chi connectivity index (χ0v) is 9.85. The van der Waals surface area contributed by atoms with Gasteiger partial charge in [-0.1, -0.05) is 6.92 Å². The van der Waals surface area contributed by atoms with E-state index in [1.807, 2.05) is 0 Å². The van der Waals surface area contributed by atoms with E-state index in [4.69, 9.17) is 23.7 Å². The Bertz CT molecular complexity index is 165. The average molecular weight is 236 g/mol. The largest absolute Gasteiger partial charge is 0.367 e. The smallest absolute Gasteiger partial charge is 0.152 e. The van der Waals surface area contributed by atoms with Gasteiger partial charge in [0.05, 0.1) is 12.7 Å². The van der Waals surface area contributed by atoms with Crippen molar-refractivity contribution < 1.29 is 28.4 Å². The van der Waals surface area contributed by atoms with Crippen LogP contribution in [0.4, 0.5) is 0 Å². The van der Waals surface area contributed by atoms with Gasteiger partial charge < -0.3 is 28.4 Å². The van der Waals surface area contributed by atoms with Crippen LogP contribution in [0.5, 0.6) is 0 Å². The summed E-state index contributed by atoms with van der Waals surface area (Å²) in [6, 6.07) is 0. The Morgan fingerprint density at radius 2 is 1.50 bits per heavy atom. The van der Waals surface area contributed by atoms with Gasteiger partial charge in [0.2, 0.25) is 0 Å². The van der Waals surface area contributed by atoms with E-state index in [1.54, 1.807) is 7.11 Å². The predicted octanol–water partition coefficient (Wildman–Crippen LogP) is 0.707. The maximum Gasteiger partial charge on any atom is 0.152 e. The highest BCUT2D eigenvalue weighted by Gasteiger charge is 2.36. The SMILES string of the molecule is CCC1OC1COCOCOCOCOC. The van der Waals surface area contributed by atoms with Crippen LogP contribution in [0.2, 0.25) is 0 Å². The van der Waals surface area contributed by atoms with Crippen LogP contribution in [0.15, 0.2) is 0 Å². The molecule has 0 bridgehead atoms. The van der Waals surface area contributed by atoms with Crippen LogP contribution in [-0.2, 0) is 28.4 Å². The molecule has 1 aliphatic heterocycles. The van der Waals surface area contributed by atoms with Crippen molar-refractivity contribution in [1.29, 1.82) is 0 Å². The molecule has 1 fully saturated rings. The second-order valence-corrected chi connectivity index (χ2v) is 3.36. The monoisotopic (exact) mass is 236 g/mol. The third-order valence-corrected chi connectivity index (χ3v) is 2.07. The average Bonchev–Trinajstić information content (AvgIpc) is 3.05. The first kappa shape index (κ1) is 13.8. The molecule has 1 aliphatic rings. The molecule has 0 radical (unpaired) electrons. The molecule has 1 rings (SSSR count). The quantitative estimate of drug-likeness (QED) is 0.299. The van der Waals surface area contributed by atoms with Gasteiger partial charge in [-0.2, -0.15) is 0 Å². The molecular formula is C10H20O6. The van der Waals surface area contributed by atoms with Gasteiger partial charge in [-0.05, 0) is 6.42 Å². The molecule has 6 heteroatoms. The second-order valence-electron chi connectivity index (χ2n) is 3.36. The lowest BCUT2D eigenvalue weighted by Crippen LogP contribution is -2.11. The minimum Gasteiger partial charge on any atom is -0.367 e. The Morgan fingerprint density at radius 1 is 0.875 bits per heavy atom. The van der Waals surface area contributed by atoms with E-state index in [2.05, 4.69) is 11.7 Å². The zero-order valence-electron chi connectivity index (χ0n) is 9.85. The molecule has 0 aliphatic carbocycles. The van der Waals surface area contributed by atoms with Crippen molar-refractivity contribution in [2.75, 3.05) is 40.9 Å². The molecular weight excluding hydrogens is 216 g/mol. The zero-order chi connectivity index (χ0) is 11.6. The van der Waals surface area contributed by atoms with E-state index >= 15 is 0 Å². The van der Waals surface area contributed by atoms with Gasteiger partial charge >= 0.3 is 0 Å². The standard InChI is InChI=1S/C10H20O6/c1-3-9-10(16-9)4-12-6-14-8-15-7-13-5-11-2/h9-10H,3-8H2,1-2H3. The van der Waals surface area contributed by atoms with Crippen molar-refractivity contribution >= 4 is 0 Å². The molecule has 6 nitrogen and oxygen atoms in total. The molecule has 0 aromatic carbocycles. The number of methoxy groups -OCH3 is 1. The molecule has 0 amide bonds. The highest BCUT2D eigenvalue weighted by Crippen LogP contribution is 2.24. The Labute approximate surface area is 95.7 Å². The second kappa shape index (κ2) is 8.86. The maximum absolute atomic E-state index is 5.29. The number of ether oxygens (including phenoxy) is 6. The number of hydrogen-bond acceptors (Lipinski definition) is 6. The highest BCUT2D eigenvalue weighted by atomic mass is 16.8. The Hall–Kier alpha value is -0.240. The van der Waals surface area contributed by atoms with Gasteiger partial charge in [0.15, 0.2) is 13.6 Å². The van der Waals surface area contributed by atoms with Crippen LogP contribution in [0, 0.1) is 0 Å². The summed E-state index contributed by atoms with van der Waals surface area (Å²) in [6.07, 6.45) is 1.66. The van der Waals surface area contributed by atoms with E-state index in [-0.39, 0.29) is 33.3 Å². The molecule has 1 heterocycles. The molecule has 96 valence electrons. The Kier molecular flexibility index (Phi) is 7.65. The van der Waals surface area contributed by atoms with Crippen molar-refractivity contribution in [2.24, 2.45) is 0 Å². The van der Waals surface area contributed by atoms with Crippen LogP contribution in [-0.4, -0.2) is 53.1 Å². The van der Waals surface area contributed by atoms with Gasteiger partial charge in [0.1, 0.15) is 19.7 Å². The van der Waals surface area contributed by atoms with E-state index < -0.39 is 0 Å². The molecule has 1 saturated heterocycles. The lowest BCUT2D eigenvalue weighted by molar-refractivity contribution is -0.188. The van der Waals surface area contributed by atoms with Crippen LogP contribution in [0.3, 0.4) is 0 Å². The summed E-state index contributed by atoms with van der Waals surface area (Å²) in [4.78, 5) is 0.